The lowest BCUT2D eigenvalue weighted by Gasteiger charge is -2.14. The molecule has 6 nitrogen and oxygen atoms in total. The van der Waals surface area contributed by atoms with Gasteiger partial charge in [0, 0.05) is 17.6 Å². The van der Waals surface area contributed by atoms with E-state index in [1.807, 2.05) is 12.2 Å². The van der Waals surface area contributed by atoms with Crippen LogP contribution in [-0.2, 0) is 16.1 Å². The normalized spacial score (nSPS) is 24.3. The third-order valence-corrected chi connectivity index (χ3v) is 5.03. The van der Waals surface area contributed by atoms with E-state index in [1.54, 1.807) is 11.6 Å². The van der Waals surface area contributed by atoms with Gasteiger partial charge in [0.05, 0.1) is 24.1 Å². The molecule has 1 aliphatic carbocycles. The molecule has 0 spiro atoms. The molecular weight excluding hydrogens is 302 g/mol. The molecule has 2 atom stereocenters. The van der Waals surface area contributed by atoms with Gasteiger partial charge in [0.1, 0.15) is 0 Å². The molecule has 0 saturated carbocycles. The van der Waals surface area contributed by atoms with E-state index in [1.165, 1.54) is 26.7 Å². The molecule has 2 aromatic heterocycles. The Labute approximate surface area is 129 Å². The van der Waals surface area contributed by atoms with E-state index in [9.17, 15) is 14.4 Å². The Bertz CT molecular complexity index is 840. The molecule has 2 aliphatic rings. The second-order valence-corrected chi connectivity index (χ2v) is 6.43. The zero-order valence-electron chi connectivity index (χ0n) is 11.6. The van der Waals surface area contributed by atoms with E-state index in [2.05, 4.69) is 4.98 Å². The van der Waals surface area contributed by atoms with Gasteiger partial charge in [-0.05, 0) is 12.8 Å². The van der Waals surface area contributed by atoms with Gasteiger partial charge < -0.3 is 0 Å². The van der Waals surface area contributed by atoms with Gasteiger partial charge in [-0.1, -0.05) is 12.2 Å². The smallest absolute Gasteiger partial charge is 0.258 e. The van der Waals surface area contributed by atoms with Gasteiger partial charge in [-0.3, -0.25) is 23.7 Å². The van der Waals surface area contributed by atoms with Crippen molar-refractivity contribution in [2.45, 2.75) is 19.4 Å². The van der Waals surface area contributed by atoms with Crippen LogP contribution in [0.2, 0.25) is 0 Å². The molecule has 0 unspecified atom stereocenters. The Balaban J connectivity index is 1.66. The topological polar surface area (TPSA) is 71.8 Å². The number of allylic oxidation sites excluding steroid dienone is 2. The highest BCUT2D eigenvalue weighted by Crippen LogP contribution is 2.35. The molecule has 2 aromatic rings. The summed E-state index contributed by atoms with van der Waals surface area (Å²) < 4.78 is 1.45. The van der Waals surface area contributed by atoms with E-state index < -0.39 is 0 Å². The zero-order valence-corrected chi connectivity index (χ0v) is 12.5. The lowest BCUT2D eigenvalue weighted by Crippen LogP contribution is -2.31. The van der Waals surface area contributed by atoms with Gasteiger partial charge in [0.25, 0.3) is 5.56 Å². The molecule has 1 fully saturated rings. The fourth-order valence-electron chi connectivity index (χ4n) is 3.16. The van der Waals surface area contributed by atoms with Crippen LogP contribution in [0.25, 0.3) is 4.96 Å². The molecular formula is C15H13N3O3S. The number of likely N-dealkylation sites (tertiary alicyclic amines) is 1. The number of aromatic nitrogens is 2. The number of imide groups is 1. The monoisotopic (exact) mass is 315 g/mol. The number of hydrogen-bond acceptors (Lipinski definition) is 5. The van der Waals surface area contributed by atoms with Crippen LogP contribution < -0.4 is 5.56 Å². The molecule has 112 valence electrons. The number of rotatable bonds is 2. The summed E-state index contributed by atoms with van der Waals surface area (Å²) in [4.78, 5) is 43.0. The molecule has 4 rings (SSSR count). The third-order valence-electron chi connectivity index (χ3n) is 4.28. The van der Waals surface area contributed by atoms with Crippen LogP contribution in [0.15, 0.2) is 34.6 Å². The summed E-state index contributed by atoms with van der Waals surface area (Å²) in [5, 5.41) is 1.78. The largest absolute Gasteiger partial charge is 0.276 e. The zero-order chi connectivity index (χ0) is 15.3. The number of hydrogen-bond donors (Lipinski definition) is 0. The summed E-state index contributed by atoms with van der Waals surface area (Å²) in [5.74, 6) is -0.784. The first-order valence-corrected chi connectivity index (χ1v) is 7.99. The lowest BCUT2D eigenvalue weighted by molar-refractivity contribution is -0.140. The van der Waals surface area contributed by atoms with Crippen LogP contribution in [0.5, 0.6) is 0 Å². The molecule has 0 N–H and O–H groups in total. The minimum absolute atomic E-state index is 0.0777. The lowest BCUT2D eigenvalue weighted by atomic mass is 9.85. The van der Waals surface area contributed by atoms with E-state index in [-0.39, 0.29) is 35.8 Å². The summed E-state index contributed by atoms with van der Waals surface area (Å²) in [5.41, 5.74) is 0.264. The number of thiazole rings is 1. The van der Waals surface area contributed by atoms with E-state index in [0.717, 1.165) is 0 Å². The van der Waals surface area contributed by atoms with Gasteiger partial charge in [0.2, 0.25) is 11.8 Å². The van der Waals surface area contributed by atoms with Gasteiger partial charge in [0.15, 0.2) is 4.96 Å². The fourth-order valence-corrected chi connectivity index (χ4v) is 3.89. The second-order valence-electron chi connectivity index (χ2n) is 5.56. The Morgan fingerprint density at radius 2 is 1.82 bits per heavy atom. The fraction of sp³-hybridized carbons (Fsp3) is 0.333. The Morgan fingerprint density at radius 1 is 1.14 bits per heavy atom. The molecule has 22 heavy (non-hydrogen) atoms. The third kappa shape index (κ3) is 1.93. The molecule has 0 radical (unpaired) electrons. The minimum atomic E-state index is -0.246. The van der Waals surface area contributed by atoms with Crippen molar-refractivity contribution < 1.29 is 9.59 Å². The van der Waals surface area contributed by atoms with Crippen LogP contribution in [0.1, 0.15) is 18.5 Å². The maximum absolute atomic E-state index is 12.4. The summed E-state index contributed by atoms with van der Waals surface area (Å²) >= 11 is 1.35. The highest BCUT2D eigenvalue weighted by atomic mass is 32.1. The summed E-state index contributed by atoms with van der Waals surface area (Å²) in [6.45, 7) is 0.0777. The van der Waals surface area contributed by atoms with Crippen molar-refractivity contribution in [1.82, 2.24) is 14.3 Å². The highest BCUT2D eigenvalue weighted by Gasteiger charge is 2.47. The molecule has 3 heterocycles. The standard InChI is InChI=1S/C15H13N3O3S/c19-12-7-9(16-15-17(12)5-6-22-15)8-18-13(20)10-3-1-2-4-11(10)14(18)21/h1-2,5-7,10-11H,3-4,8H2/t10-,11-/m0/s1. The van der Waals surface area contributed by atoms with Gasteiger partial charge in [-0.2, -0.15) is 0 Å². The van der Waals surface area contributed by atoms with Crippen LogP contribution in [-0.4, -0.2) is 26.1 Å². The van der Waals surface area contributed by atoms with Crippen molar-refractivity contribution in [3.63, 3.8) is 0 Å². The van der Waals surface area contributed by atoms with Crippen LogP contribution in [0.3, 0.4) is 0 Å². The van der Waals surface area contributed by atoms with Crippen molar-refractivity contribution in [1.29, 1.82) is 0 Å². The quantitative estimate of drug-likeness (QED) is 0.617. The Hall–Kier alpha value is -2.28. The van der Waals surface area contributed by atoms with Gasteiger partial charge in [-0.15, -0.1) is 11.3 Å². The van der Waals surface area contributed by atoms with Crippen molar-refractivity contribution in [2.24, 2.45) is 11.8 Å². The van der Waals surface area contributed by atoms with E-state index in [4.69, 9.17) is 0 Å². The predicted molar refractivity (Wildman–Crippen MR) is 80.3 cm³/mol. The molecule has 1 saturated heterocycles. The molecule has 7 heteroatoms. The second kappa shape index (κ2) is 4.88. The van der Waals surface area contributed by atoms with E-state index >= 15 is 0 Å². The molecule has 0 aromatic carbocycles. The predicted octanol–water partition coefficient (Wildman–Crippen LogP) is 1.21. The number of nitrogens with zero attached hydrogens (tertiary/aromatic N) is 3. The molecule has 0 bridgehead atoms. The van der Waals surface area contributed by atoms with Gasteiger partial charge >= 0.3 is 0 Å². The van der Waals surface area contributed by atoms with E-state index in [0.29, 0.717) is 23.5 Å². The average molecular weight is 315 g/mol. The number of carbonyl (C=O) groups excluding carboxylic acids is 2. The molecule has 1 aliphatic heterocycles. The van der Waals surface area contributed by atoms with Crippen molar-refractivity contribution in [3.05, 3.63) is 45.8 Å². The Kier molecular flexibility index (Phi) is 2.97. The van der Waals surface area contributed by atoms with Crippen molar-refractivity contribution in [2.75, 3.05) is 0 Å². The molecule has 2 amide bonds. The van der Waals surface area contributed by atoms with Crippen molar-refractivity contribution in [3.8, 4) is 0 Å². The Morgan fingerprint density at radius 3 is 2.50 bits per heavy atom. The van der Waals surface area contributed by atoms with Gasteiger partial charge in [-0.25, -0.2) is 4.98 Å². The maximum Gasteiger partial charge on any atom is 0.258 e. The van der Waals surface area contributed by atoms with Crippen LogP contribution in [0, 0.1) is 11.8 Å². The van der Waals surface area contributed by atoms with Crippen molar-refractivity contribution >= 4 is 28.1 Å². The SMILES string of the molecule is O=C1[C@H]2CC=CC[C@@H]2C(=O)N1Cc1cc(=O)n2ccsc2n1. The van der Waals surface area contributed by atoms with Crippen LogP contribution in [0.4, 0.5) is 0 Å². The average Bonchev–Trinajstić information content (AvgIpc) is 3.08. The number of amides is 2. The summed E-state index contributed by atoms with van der Waals surface area (Å²) in [6, 6.07) is 1.39. The first kappa shape index (κ1) is 13.4. The maximum atomic E-state index is 12.4. The minimum Gasteiger partial charge on any atom is -0.276 e. The summed E-state index contributed by atoms with van der Waals surface area (Å²) in [6.07, 6.45) is 6.81. The summed E-state index contributed by atoms with van der Waals surface area (Å²) in [7, 11) is 0. The number of carbonyl (C=O) groups is 2. The first-order chi connectivity index (χ1) is 10.6. The first-order valence-electron chi connectivity index (χ1n) is 7.11. The number of fused-ring (bicyclic) bond motifs is 2. The highest BCUT2D eigenvalue weighted by molar-refractivity contribution is 7.15. The van der Waals surface area contributed by atoms with Crippen LogP contribution >= 0.6 is 11.3 Å².